The van der Waals surface area contributed by atoms with Crippen molar-refractivity contribution < 1.29 is 14.7 Å². The molecule has 108 valence electrons. The summed E-state index contributed by atoms with van der Waals surface area (Å²) in [4.78, 5) is 29.8. The van der Waals surface area contributed by atoms with Crippen LogP contribution in [-0.2, 0) is 9.59 Å². The molecule has 7 heteroatoms. The van der Waals surface area contributed by atoms with E-state index in [0.717, 1.165) is 10.6 Å². The van der Waals surface area contributed by atoms with Crippen molar-refractivity contribution in [2.75, 3.05) is 23.8 Å². The molecule has 1 unspecified atom stereocenters. The zero-order valence-corrected chi connectivity index (χ0v) is 12.5. The van der Waals surface area contributed by atoms with Gasteiger partial charge < -0.3 is 10.0 Å². The monoisotopic (exact) mass is 312 g/mol. The normalized spacial score (nSPS) is 18.8. The number of rotatable bonds is 5. The first-order valence-electron chi connectivity index (χ1n) is 6.28. The quantitative estimate of drug-likeness (QED) is 0.833. The van der Waals surface area contributed by atoms with Crippen LogP contribution in [0.5, 0.6) is 0 Å². The van der Waals surface area contributed by atoms with Crippen molar-refractivity contribution >= 4 is 35.4 Å². The van der Waals surface area contributed by atoms with E-state index in [9.17, 15) is 9.59 Å². The Morgan fingerprint density at radius 3 is 2.90 bits per heavy atom. The highest BCUT2D eigenvalue weighted by Gasteiger charge is 2.28. The second-order valence-electron chi connectivity index (χ2n) is 4.39. The van der Waals surface area contributed by atoms with Gasteiger partial charge in [-0.25, -0.2) is 0 Å². The predicted octanol–water partition coefficient (Wildman–Crippen LogP) is 1.59. The Bertz CT molecular complexity index is 470. The predicted molar refractivity (Wildman–Crippen MR) is 80.0 cm³/mol. The smallest absolute Gasteiger partial charge is 0.305 e. The molecule has 1 N–H and O–H groups in total. The summed E-state index contributed by atoms with van der Waals surface area (Å²) in [5, 5.41) is 8.91. The number of carbonyl (C=O) groups is 2. The number of carbonyl (C=O) groups excluding carboxylic acids is 1. The van der Waals surface area contributed by atoms with Gasteiger partial charge in [0.25, 0.3) is 0 Å². The minimum Gasteiger partial charge on any atom is -0.481 e. The lowest BCUT2D eigenvalue weighted by molar-refractivity contribution is -0.139. The van der Waals surface area contributed by atoms with Crippen LogP contribution in [0.15, 0.2) is 29.4 Å². The van der Waals surface area contributed by atoms with E-state index in [4.69, 9.17) is 5.11 Å². The van der Waals surface area contributed by atoms with Crippen molar-refractivity contribution in [3.63, 3.8) is 0 Å². The minimum absolute atomic E-state index is 0.0124. The molecule has 1 fully saturated rings. The summed E-state index contributed by atoms with van der Waals surface area (Å²) in [7, 11) is 0. The number of thioether (sulfide) groups is 2. The molecule has 1 aromatic heterocycles. The Kier molecular flexibility index (Phi) is 5.72. The molecular weight excluding hydrogens is 296 g/mol. The Morgan fingerprint density at radius 1 is 1.45 bits per heavy atom. The first kappa shape index (κ1) is 15.2. The number of aromatic nitrogens is 1. The lowest BCUT2D eigenvalue weighted by Crippen LogP contribution is -2.47. The van der Waals surface area contributed by atoms with E-state index in [-0.39, 0.29) is 18.4 Å². The molecule has 0 aromatic carbocycles. The Morgan fingerprint density at radius 2 is 2.20 bits per heavy atom. The molecule has 1 amide bonds. The largest absolute Gasteiger partial charge is 0.481 e. The Hall–Kier alpha value is -1.21. The summed E-state index contributed by atoms with van der Waals surface area (Å²) in [5.41, 5.74) is 0. The maximum Gasteiger partial charge on any atom is 0.305 e. The minimum atomic E-state index is -0.850. The molecule has 2 rings (SSSR count). The van der Waals surface area contributed by atoms with E-state index in [0.29, 0.717) is 18.1 Å². The molecule has 0 aliphatic carbocycles. The molecule has 1 saturated heterocycles. The van der Waals surface area contributed by atoms with Crippen LogP contribution < -0.4 is 0 Å². The van der Waals surface area contributed by atoms with Gasteiger partial charge in [-0.1, -0.05) is 0 Å². The highest BCUT2D eigenvalue weighted by molar-refractivity contribution is 8.00. The third-order valence-electron chi connectivity index (χ3n) is 2.97. The first-order valence-corrected chi connectivity index (χ1v) is 8.42. The zero-order valence-electron chi connectivity index (χ0n) is 10.9. The number of carboxylic acid groups (broad SMARTS) is 1. The van der Waals surface area contributed by atoms with Crippen LogP contribution in [-0.4, -0.2) is 56.7 Å². The fraction of sp³-hybridized carbons (Fsp3) is 0.462. The van der Waals surface area contributed by atoms with Crippen LogP contribution in [0, 0.1) is 0 Å². The number of carboxylic acids is 1. The SMILES string of the molecule is O=C(O)CC1CSCCN1C(=O)CSc1ccncc1. The van der Waals surface area contributed by atoms with Gasteiger partial charge in [0, 0.05) is 35.3 Å². The maximum atomic E-state index is 12.3. The zero-order chi connectivity index (χ0) is 14.4. The summed E-state index contributed by atoms with van der Waals surface area (Å²) in [6.07, 6.45) is 3.41. The molecule has 1 aromatic rings. The Balaban J connectivity index is 1.90. The second-order valence-corrected chi connectivity index (χ2v) is 6.58. The van der Waals surface area contributed by atoms with Gasteiger partial charge in [-0.2, -0.15) is 11.8 Å². The van der Waals surface area contributed by atoms with Gasteiger partial charge in [0.15, 0.2) is 0 Å². The fourth-order valence-corrected chi connectivity index (χ4v) is 3.85. The third-order valence-corrected chi connectivity index (χ3v) is 5.06. The Labute approximate surface area is 126 Å². The molecular formula is C13H16N2O3S2. The molecule has 5 nitrogen and oxygen atoms in total. The molecule has 0 radical (unpaired) electrons. The van der Waals surface area contributed by atoms with Gasteiger partial charge in [0.2, 0.25) is 5.91 Å². The van der Waals surface area contributed by atoms with E-state index in [1.807, 2.05) is 12.1 Å². The summed E-state index contributed by atoms with van der Waals surface area (Å²) < 4.78 is 0. The number of aliphatic carboxylic acids is 1. The lowest BCUT2D eigenvalue weighted by Gasteiger charge is -2.34. The molecule has 0 bridgehead atoms. The van der Waals surface area contributed by atoms with Crippen LogP contribution in [0.2, 0.25) is 0 Å². The number of pyridine rings is 1. The maximum absolute atomic E-state index is 12.3. The lowest BCUT2D eigenvalue weighted by atomic mass is 10.2. The van der Waals surface area contributed by atoms with Crippen LogP contribution in [0.1, 0.15) is 6.42 Å². The van der Waals surface area contributed by atoms with E-state index in [1.54, 1.807) is 29.1 Å². The van der Waals surface area contributed by atoms with Crippen molar-refractivity contribution in [2.45, 2.75) is 17.4 Å². The topological polar surface area (TPSA) is 70.5 Å². The van der Waals surface area contributed by atoms with E-state index in [2.05, 4.69) is 4.98 Å². The average molecular weight is 312 g/mol. The van der Waals surface area contributed by atoms with Crippen LogP contribution in [0.25, 0.3) is 0 Å². The highest BCUT2D eigenvalue weighted by atomic mass is 32.2. The standard InChI is InChI=1S/C13H16N2O3S2/c16-12(9-20-11-1-3-14-4-2-11)15-5-6-19-8-10(15)7-13(17)18/h1-4,10H,5-9H2,(H,17,18). The molecule has 1 aliphatic heterocycles. The number of hydrogen-bond donors (Lipinski definition) is 1. The third kappa shape index (κ3) is 4.42. The molecule has 1 atom stereocenters. The fourth-order valence-electron chi connectivity index (χ4n) is 2.02. The van der Waals surface area contributed by atoms with Crippen LogP contribution in [0.4, 0.5) is 0 Å². The molecule has 0 saturated carbocycles. The second kappa shape index (κ2) is 7.54. The van der Waals surface area contributed by atoms with Crippen molar-refractivity contribution in [1.82, 2.24) is 9.88 Å². The van der Waals surface area contributed by atoms with Gasteiger partial charge in [0.1, 0.15) is 0 Å². The van der Waals surface area contributed by atoms with E-state index < -0.39 is 5.97 Å². The van der Waals surface area contributed by atoms with Crippen LogP contribution >= 0.6 is 23.5 Å². The van der Waals surface area contributed by atoms with Gasteiger partial charge in [-0.05, 0) is 12.1 Å². The van der Waals surface area contributed by atoms with Gasteiger partial charge >= 0.3 is 5.97 Å². The molecule has 20 heavy (non-hydrogen) atoms. The average Bonchev–Trinajstić information content (AvgIpc) is 2.46. The van der Waals surface area contributed by atoms with Crippen LogP contribution in [0.3, 0.4) is 0 Å². The van der Waals surface area contributed by atoms with Crippen molar-refractivity contribution in [3.8, 4) is 0 Å². The summed E-state index contributed by atoms with van der Waals surface area (Å²) in [6.45, 7) is 0.637. The van der Waals surface area contributed by atoms with E-state index in [1.165, 1.54) is 11.8 Å². The number of amides is 1. The van der Waals surface area contributed by atoms with Crippen molar-refractivity contribution in [1.29, 1.82) is 0 Å². The highest BCUT2D eigenvalue weighted by Crippen LogP contribution is 2.22. The van der Waals surface area contributed by atoms with Crippen molar-refractivity contribution in [2.24, 2.45) is 0 Å². The van der Waals surface area contributed by atoms with E-state index >= 15 is 0 Å². The molecule has 0 spiro atoms. The summed E-state index contributed by atoms with van der Waals surface area (Å²) in [6, 6.07) is 3.54. The summed E-state index contributed by atoms with van der Waals surface area (Å²) in [5.74, 6) is 1.08. The van der Waals surface area contributed by atoms with Gasteiger partial charge in [0.05, 0.1) is 18.2 Å². The van der Waals surface area contributed by atoms with Gasteiger partial charge in [-0.3, -0.25) is 14.6 Å². The van der Waals surface area contributed by atoms with Gasteiger partial charge in [-0.15, -0.1) is 11.8 Å². The van der Waals surface area contributed by atoms with Crippen molar-refractivity contribution in [3.05, 3.63) is 24.5 Å². The number of hydrogen-bond acceptors (Lipinski definition) is 5. The molecule has 1 aliphatic rings. The first-order chi connectivity index (χ1) is 9.66. The summed E-state index contributed by atoms with van der Waals surface area (Å²) >= 11 is 3.17. The molecule has 2 heterocycles. The number of nitrogens with zero attached hydrogens (tertiary/aromatic N) is 2.